The molecule has 1 aromatic carbocycles. The van der Waals surface area contributed by atoms with Crippen molar-refractivity contribution in [2.24, 2.45) is 18.7 Å². The quantitative estimate of drug-likeness (QED) is 0.799. The van der Waals surface area contributed by atoms with E-state index in [2.05, 4.69) is 10.4 Å². The van der Waals surface area contributed by atoms with Crippen molar-refractivity contribution in [2.75, 3.05) is 29.4 Å². The van der Waals surface area contributed by atoms with E-state index in [-0.39, 0.29) is 30.7 Å². The third kappa shape index (κ3) is 3.62. The second kappa shape index (κ2) is 7.34. The Morgan fingerprint density at radius 3 is 2.66 bits per heavy atom. The molecule has 0 saturated carbocycles. The second-order valence-corrected chi connectivity index (χ2v) is 7.62. The summed E-state index contributed by atoms with van der Waals surface area (Å²) in [6, 6.07) is 2.58. The maximum atomic E-state index is 15.0. The normalized spacial score (nSPS) is 18.4. The van der Waals surface area contributed by atoms with Crippen LogP contribution < -0.4 is 20.9 Å². The van der Waals surface area contributed by atoms with Gasteiger partial charge in [-0.2, -0.15) is 5.10 Å². The largest absolute Gasteiger partial charge is 0.370 e. The molecule has 2 saturated heterocycles. The summed E-state index contributed by atoms with van der Waals surface area (Å²) in [6.45, 7) is 1.48. The van der Waals surface area contributed by atoms with Gasteiger partial charge in [0.1, 0.15) is 5.82 Å². The zero-order valence-corrected chi connectivity index (χ0v) is 16.2. The number of imide groups is 1. The van der Waals surface area contributed by atoms with E-state index in [1.54, 1.807) is 17.8 Å². The summed E-state index contributed by atoms with van der Waals surface area (Å²) >= 11 is 0. The Bertz CT molecular complexity index is 995. The predicted octanol–water partition coefficient (Wildman–Crippen LogP) is 1.25. The first-order valence-corrected chi connectivity index (χ1v) is 9.64. The van der Waals surface area contributed by atoms with Crippen molar-refractivity contribution in [1.29, 1.82) is 0 Å². The van der Waals surface area contributed by atoms with Crippen LogP contribution in [0.25, 0.3) is 10.9 Å². The molecular formula is C19H23FN6O3. The van der Waals surface area contributed by atoms with Gasteiger partial charge in [-0.05, 0) is 30.9 Å². The number of amides is 4. The molecule has 29 heavy (non-hydrogen) atoms. The number of benzene rings is 1. The van der Waals surface area contributed by atoms with Crippen LogP contribution in [0.5, 0.6) is 0 Å². The van der Waals surface area contributed by atoms with Crippen molar-refractivity contribution >= 4 is 40.3 Å². The minimum atomic E-state index is -0.553. The van der Waals surface area contributed by atoms with Crippen molar-refractivity contribution in [3.05, 3.63) is 17.9 Å². The molecule has 2 aliphatic heterocycles. The zero-order chi connectivity index (χ0) is 20.7. The number of hydrogen-bond acceptors (Lipinski definition) is 5. The number of carbonyl (C=O) groups excluding carboxylic acids is 3. The second-order valence-electron chi connectivity index (χ2n) is 7.62. The van der Waals surface area contributed by atoms with E-state index in [4.69, 9.17) is 5.73 Å². The van der Waals surface area contributed by atoms with E-state index >= 15 is 4.39 Å². The SMILES string of the molecule is Cn1nc(N2CCC(=O)NC2=O)c2cc(F)c(N3CCC(CC(N)=O)CC3)cc21. The lowest BCUT2D eigenvalue weighted by Crippen LogP contribution is -2.49. The predicted molar refractivity (Wildman–Crippen MR) is 105 cm³/mol. The minimum Gasteiger partial charge on any atom is -0.370 e. The van der Waals surface area contributed by atoms with Crippen LogP contribution in [0.2, 0.25) is 0 Å². The average Bonchev–Trinajstić information content (AvgIpc) is 2.97. The maximum absolute atomic E-state index is 15.0. The molecule has 1 aromatic heterocycles. The Hall–Kier alpha value is -3.17. The highest BCUT2D eigenvalue weighted by Crippen LogP contribution is 2.34. The number of halogens is 1. The van der Waals surface area contributed by atoms with E-state index in [0.717, 1.165) is 12.8 Å². The highest BCUT2D eigenvalue weighted by Gasteiger charge is 2.29. The number of hydrogen-bond donors (Lipinski definition) is 2. The first-order valence-electron chi connectivity index (χ1n) is 9.64. The number of urea groups is 1. The summed E-state index contributed by atoms with van der Waals surface area (Å²) in [6.07, 6.45) is 2.09. The van der Waals surface area contributed by atoms with Crippen molar-refractivity contribution in [2.45, 2.75) is 25.7 Å². The fraction of sp³-hybridized carbons (Fsp3) is 0.474. The molecule has 3 N–H and O–H groups in total. The fourth-order valence-corrected chi connectivity index (χ4v) is 4.12. The van der Waals surface area contributed by atoms with Gasteiger partial charge < -0.3 is 10.6 Å². The number of aryl methyl sites for hydroxylation is 1. The van der Waals surface area contributed by atoms with Gasteiger partial charge in [0.25, 0.3) is 0 Å². The molecule has 4 amide bonds. The third-order valence-electron chi connectivity index (χ3n) is 5.65. The molecule has 0 unspecified atom stereocenters. The van der Waals surface area contributed by atoms with Crippen molar-refractivity contribution in [3.8, 4) is 0 Å². The summed E-state index contributed by atoms with van der Waals surface area (Å²) in [5.74, 6) is -0.465. The van der Waals surface area contributed by atoms with Crippen LogP contribution in [-0.4, -0.2) is 47.3 Å². The molecule has 0 radical (unpaired) electrons. The average molecular weight is 402 g/mol. The van der Waals surface area contributed by atoms with E-state index in [1.807, 2.05) is 4.90 Å². The molecule has 4 rings (SSSR count). The van der Waals surface area contributed by atoms with Gasteiger partial charge in [0.05, 0.1) is 11.2 Å². The van der Waals surface area contributed by atoms with Gasteiger partial charge in [-0.1, -0.05) is 0 Å². The van der Waals surface area contributed by atoms with Gasteiger partial charge >= 0.3 is 6.03 Å². The maximum Gasteiger partial charge on any atom is 0.329 e. The van der Waals surface area contributed by atoms with E-state index < -0.39 is 11.8 Å². The number of rotatable bonds is 4. The van der Waals surface area contributed by atoms with Gasteiger partial charge in [-0.3, -0.25) is 24.5 Å². The van der Waals surface area contributed by atoms with Crippen LogP contribution in [0, 0.1) is 11.7 Å². The summed E-state index contributed by atoms with van der Waals surface area (Å²) in [7, 11) is 1.74. The summed E-state index contributed by atoms with van der Waals surface area (Å²) in [4.78, 5) is 38.0. The molecule has 2 aromatic rings. The Morgan fingerprint density at radius 2 is 2.00 bits per heavy atom. The van der Waals surface area contributed by atoms with Gasteiger partial charge in [0, 0.05) is 44.9 Å². The van der Waals surface area contributed by atoms with Crippen LogP contribution in [0.1, 0.15) is 25.7 Å². The molecule has 10 heteroatoms. The molecular weight excluding hydrogens is 379 g/mol. The van der Waals surface area contributed by atoms with Crippen LogP contribution in [0.15, 0.2) is 12.1 Å². The molecule has 2 aliphatic rings. The van der Waals surface area contributed by atoms with E-state index in [9.17, 15) is 14.4 Å². The lowest BCUT2D eigenvalue weighted by atomic mass is 9.93. The number of fused-ring (bicyclic) bond motifs is 1. The van der Waals surface area contributed by atoms with E-state index in [0.29, 0.717) is 41.9 Å². The van der Waals surface area contributed by atoms with Gasteiger partial charge in [0.15, 0.2) is 5.82 Å². The van der Waals surface area contributed by atoms with E-state index in [1.165, 1.54) is 11.0 Å². The number of nitrogens with one attached hydrogen (secondary N) is 1. The molecule has 9 nitrogen and oxygen atoms in total. The van der Waals surface area contributed by atoms with Gasteiger partial charge in [0.2, 0.25) is 11.8 Å². The molecule has 0 atom stereocenters. The standard InChI is InChI=1S/C19H23FN6O3/c1-24-14-10-15(25-5-2-11(3-6-25)8-16(21)27)13(20)9-12(14)18(23-24)26-7-4-17(28)22-19(26)29/h9-11H,2-8H2,1H3,(H2,21,27)(H,22,28,29). The Balaban J connectivity index is 1.62. The Morgan fingerprint density at radius 1 is 1.28 bits per heavy atom. The number of nitrogens with zero attached hydrogens (tertiary/aromatic N) is 4. The number of nitrogens with two attached hydrogens (primary N) is 1. The highest BCUT2D eigenvalue weighted by molar-refractivity contribution is 6.09. The summed E-state index contributed by atoms with van der Waals surface area (Å²) in [5.41, 5.74) is 6.45. The third-order valence-corrected chi connectivity index (χ3v) is 5.65. The molecule has 2 fully saturated rings. The first-order chi connectivity index (χ1) is 13.8. The zero-order valence-electron chi connectivity index (χ0n) is 16.2. The number of piperidine rings is 1. The lowest BCUT2D eigenvalue weighted by Gasteiger charge is -2.33. The fourth-order valence-electron chi connectivity index (χ4n) is 4.12. The van der Waals surface area contributed by atoms with Crippen LogP contribution in [-0.2, 0) is 16.6 Å². The van der Waals surface area contributed by atoms with Crippen molar-refractivity contribution in [3.63, 3.8) is 0 Å². The first kappa shape index (κ1) is 19.2. The minimum absolute atomic E-state index is 0.171. The molecule has 154 valence electrons. The molecule has 0 bridgehead atoms. The van der Waals surface area contributed by atoms with Crippen molar-refractivity contribution < 1.29 is 18.8 Å². The Labute approximate surface area is 166 Å². The summed E-state index contributed by atoms with van der Waals surface area (Å²) < 4.78 is 16.6. The van der Waals surface area contributed by atoms with Crippen LogP contribution in [0.4, 0.5) is 20.7 Å². The summed E-state index contributed by atoms with van der Waals surface area (Å²) in [5, 5.41) is 7.17. The Kier molecular flexibility index (Phi) is 4.85. The molecule has 0 spiro atoms. The highest BCUT2D eigenvalue weighted by atomic mass is 19.1. The van der Waals surface area contributed by atoms with Gasteiger partial charge in [-0.15, -0.1) is 0 Å². The van der Waals surface area contributed by atoms with Crippen molar-refractivity contribution in [1.82, 2.24) is 15.1 Å². The molecule has 0 aliphatic carbocycles. The number of carbonyl (C=O) groups is 3. The lowest BCUT2D eigenvalue weighted by molar-refractivity contribution is -0.120. The van der Waals surface area contributed by atoms with Gasteiger partial charge in [-0.25, -0.2) is 9.18 Å². The topological polar surface area (TPSA) is 114 Å². The molecule has 3 heterocycles. The smallest absolute Gasteiger partial charge is 0.329 e. The van der Waals surface area contributed by atoms with Crippen LogP contribution >= 0.6 is 0 Å². The monoisotopic (exact) mass is 402 g/mol. The number of aromatic nitrogens is 2. The number of primary amides is 1. The number of anilines is 2. The van der Waals surface area contributed by atoms with Crippen LogP contribution in [0.3, 0.4) is 0 Å².